The van der Waals surface area contributed by atoms with Gasteiger partial charge < -0.3 is 4.98 Å². The number of hydrogen-bond donors (Lipinski definition) is 2. The number of nitrogens with zero attached hydrogens (tertiary/aromatic N) is 1. The van der Waals surface area contributed by atoms with Crippen LogP contribution in [-0.2, 0) is 25.9 Å². The summed E-state index contributed by atoms with van der Waals surface area (Å²) in [5.41, 5.74) is 4.49. The van der Waals surface area contributed by atoms with E-state index in [1.807, 2.05) is 0 Å². The molecule has 5 heteroatoms. The first-order valence-electron chi connectivity index (χ1n) is 7.31. The molecule has 0 spiro atoms. The monoisotopic (exact) mass is 301 g/mol. The molecule has 1 aliphatic rings. The molecule has 0 saturated carbocycles. The zero-order chi connectivity index (χ0) is 14.8. The minimum atomic E-state index is -0.0535. The first-order chi connectivity index (χ1) is 10.2. The molecule has 0 bridgehead atoms. The van der Waals surface area contributed by atoms with Crippen molar-refractivity contribution < 1.29 is 0 Å². The summed E-state index contributed by atoms with van der Waals surface area (Å²) in [5.74, 6) is 0. The number of H-pyrrole nitrogens is 2. The Hall–Kier alpha value is -1.72. The highest BCUT2D eigenvalue weighted by Gasteiger charge is 2.20. The average molecular weight is 301 g/mol. The maximum Gasteiger partial charge on any atom is 0.256 e. The molecule has 3 rings (SSSR count). The quantitative estimate of drug-likeness (QED) is 0.857. The van der Waals surface area contributed by atoms with E-state index in [1.165, 1.54) is 11.1 Å². The van der Waals surface area contributed by atoms with Gasteiger partial charge in [0.05, 0.1) is 5.56 Å². The fourth-order valence-electron chi connectivity index (χ4n) is 2.95. The van der Waals surface area contributed by atoms with Crippen LogP contribution in [0, 0.1) is 4.77 Å². The maximum absolute atomic E-state index is 12.0. The van der Waals surface area contributed by atoms with E-state index in [2.05, 4.69) is 46.1 Å². The van der Waals surface area contributed by atoms with Crippen LogP contribution in [0.3, 0.4) is 0 Å². The van der Waals surface area contributed by atoms with E-state index >= 15 is 0 Å². The molecule has 1 aromatic heterocycles. The number of nitrogens with one attached hydrogen (secondary N) is 2. The molecule has 0 amide bonds. The smallest absolute Gasteiger partial charge is 0.256 e. The highest BCUT2D eigenvalue weighted by Crippen LogP contribution is 2.18. The van der Waals surface area contributed by atoms with Gasteiger partial charge in [0.25, 0.3) is 5.56 Å². The Balaban J connectivity index is 1.84. The SMILES string of the molecule is CCc1ccccc1CN1CCc2[nH]c(=S)[nH]c(=O)c2C1. The van der Waals surface area contributed by atoms with E-state index in [0.29, 0.717) is 11.3 Å². The second-order valence-corrected chi connectivity index (χ2v) is 5.86. The zero-order valence-electron chi connectivity index (χ0n) is 12.1. The minimum absolute atomic E-state index is 0.0535. The standard InChI is InChI=1S/C16H19N3OS/c1-2-11-5-3-4-6-12(11)9-19-8-7-14-13(10-19)15(20)18-16(21)17-14/h3-6H,2,7-10H2,1H3,(H2,17,18,20,21). The van der Waals surface area contributed by atoms with Crippen molar-refractivity contribution >= 4 is 12.2 Å². The van der Waals surface area contributed by atoms with Gasteiger partial charge in [-0.1, -0.05) is 31.2 Å². The summed E-state index contributed by atoms with van der Waals surface area (Å²) < 4.78 is 0.420. The van der Waals surface area contributed by atoms with Crippen LogP contribution in [-0.4, -0.2) is 21.4 Å². The first-order valence-corrected chi connectivity index (χ1v) is 7.71. The van der Waals surface area contributed by atoms with Gasteiger partial charge >= 0.3 is 0 Å². The lowest BCUT2D eigenvalue weighted by atomic mass is 10.0. The minimum Gasteiger partial charge on any atom is -0.335 e. The Morgan fingerprint density at radius 2 is 2.00 bits per heavy atom. The Morgan fingerprint density at radius 3 is 2.76 bits per heavy atom. The number of aromatic amines is 2. The molecular formula is C16H19N3OS. The van der Waals surface area contributed by atoms with Gasteiger partial charge in [-0.3, -0.25) is 14.7 Å². The van der Waals surface area contributed by atoms with Crippen molar-refractivity contribution in [3.05, 3.63) is 61.8 Å². The third-order valence-electron chi connectivity index (χ3n) is 4.08. The number of rotatable bonds is 3. The molecule has 1 aliphatic heterocycles. The Kier molecular flexibility index (Phi) is 4.03. The van der Waals surface area contributed by atoms with Gasteiger partial charge in [-0.25, -0.2) is 0 Å². The van der Waals surface area contributed by atoms with Gasteiger partial charge in [-0.15, -0.1) is 0 Å². The molecule has 0 saturated heterocycles. The summed E-state index contributed by atoms with van der Waals surface area (Å²) in [6.07, 6.45) is 1.88. The lowest BCUT2D eigenvalue weighted by Crippen LogP contribution is -2.35. The summed E-state index contributed by atoms with van der Waals surface area (Å²) in [7, 11) is 0. The molecule has 2 N–H and O–H groups in total. The van der Waals surface area contributed by atoms with Crippen LogP contribution in [0.4, 0.5) is 0 Å². The van der Waals surface area contributed by atoms with Crippen LogP contribution in [0.15, 0.2) is 29.1 Å². The van der Waals surface area contributed by atoms with Gasteiger partial charge in [0.1, 0.15) is 0 Å². The van der Waals surface area contributed by atoms with Crippen molar-refractivity contribution in [3.63, 3.8) is 0 Å². The molecule has 0 fully saturated rings. The Bertz CT molecular complexity index is 763. The lowest BCUT2D eigenvalue weighted by molar-refractivity contribution is 0.241. The molecule has 0 radical (unpaired) electrons. The number of aryl methyl sites for hydroxylation is 1. The molecular weight excluding hydrogens is 282 g/mol. The van der Waals surface area contributed by atoms with Crippen LogP contribution in [0.25, 0.3) is 0 Å². The van der Waals surface area contributed by atoms with Gasteiger partial charge in [0.2, 0.25) is 0 Å². The predicted octanol–water partition coefficient (Wildman–Crippen LogP) is 2.55. The van der Waals surface area contributed by atoms with E-state index in [4.69, 9.17) is 12.2 Å². The molecule has 110 valence electrons. The van der Waals surface area contributed by atoms with E-state index in [1.54, 1.807) is 0 Å². The zero-order valence-corrected chi connectivity index (χ0v) is 12.9. The van der Waals surface area contributed by atoms with Crippen LogP contribution < -0.4 is 5.56 Å². The summed E-state index contributed by atoms with van der Waals surface area (Å²) in [5, 5.41) is 0. The molecule has 2 heterocycles. The number of hydrogen-bond acceptors (Lipinski definition) is 3. The average Bonchev–Trinajstić information content (AvgIpc) is 2.48. The van der Waals surface area contributed by atoms with Crippen LogP contribution in [0.5, 0.6) is 0 Å². The molecule has 2 aromatic rings. The van der Waals surface area contributed by atoms with Crippen molar-refractivity contribution in [2.24, 2.45) is 0 Å². The van der Waals surface area contributed by atoms with Crippen molar-refractivity contribution in [3.8, 4) is 0 Å². The van der Waals surface area contributed by atoms with Crippen molar-refractivity contribution in [2.45, 2.75) is 32.9 Å². The van der Waals surface area contributed by atoms with Gasteiger partial charge in [0.15, 0.2) is 4.77 Å². The third kappa shape index (κ3) is 2.99. The second kappa shape index (κ2) is 5.95. The van der Waals surface area contributed by atoms with E-state index < -0.39 is 0 Å². The van der Waals surface area contributed by atoms with E-state index in [9.17, 15) is 4.79 Å². The fourth-order valence-corrected chi connectivity index (χ4v) is 3.16. The Morgan fingerprint density at radius 1 is 1.24 bits per heavy atom. The molecule has 21 heavy (non-hydrogen) atoms. The third-order valence-corrected chi connectivity index (χ3v) is 4.29. The molecule has 0 atom stereocenters. The summed E-state index contributed by atoms with van der Waals surface area (Å²) in [6, 6.07) is 8.52. The number of benzene rings is 1. The highest BCUT2D eigenvalue weighted by atomic mass is 32.1. The topological polar surface area (TPSA) is 51.9 Å². The predicted molar refractivity (Wildman–Crippen MR) is 85.9 cm³/mol. The number of aromatic nitrogens is 2. The van der Waals surface area contributed by atoms with Crippen molar-refractivity contribution in [1.29, 1.82) is 0 Å². The molecule has 4 nitrogen and oxygen atoms in total. The summed E-state index contributed by atoms with van der Waals surface area (Å²) in [6.45, 7) is 4.68. The van der Waals surface area contributed by atoms with Crippen molar-refractivity contribution in [1.82, 2.24) is 14.9 Å². The second-order valence-electron chi connectivity index (χ2n) is 5.45. The van der Waals surface area contributed by atoms with Crippen LogP contribution >= 0.6 is 12.2 Å². The van der Waals surface area contributed by atoms with Crippen LogP contribution in [0.2, 0.25) is 0 Å². The normalized spacial score (nSPS) is 14.9. The van der Waals surface area contributed by atoms with Gasteiger partial charge in [-0.05, 0) is 29.8 Å². The number of fused-ring (bicyclic) bond motifs is 1. The maximum atomic E-state index is 12.0. The highest BCUT2D eigenvalue weighted by molar-refractivity contribution is 7.71. The lowest BCUT2D eigenvalue weighted by Gasteiger charge is -2.28. The molecule has 0 unspecified atom stereocenters. The molecule has 0 aliphatic carbocycles. The summed E-state index contributed by atoms with van der Waals surface area (Å²) in [4.78, 5) is 20.1. The van der Waals surface area contributed by atoms with E-state index in [-0.39, 0.29) is 5.56 Å². The summed E-state index contributed by atoms with van der Waals surface area (Å²) >= 11 is 5.03. The Labute approximate surface area is 128 Å². The molecule has 1 aromatic carbocycles. The van der Waals surface area contributed by atoms with Crippen LogP contribution in [0.1, 0.15) is 29.3 Å². The van der Waals surface area contributed by atoms with E-state index in [0.717, 1.165) is 37.2 Å². The van der Waals surface area contributed by atoms with Gasteiger partial charge in [-0.2, -0.15) is 0 Å². The van der Waals surface area contributed by atoms with Gasteiger partial charge in [0, 0.05) is 31.7 Å². The fraction of sp³-hybridized carbons (Fsp3) is 0.375. The first kappa shape index (κ1) is 14.2. The largest absolute Gasteiger partial charge is 0.335 e. The van der Waals surface area contributed by atoms with Crippen molar-refractivity contribution in [2.75, 3.05) is 6.54 Å².